The molecule has 1 aliphatic heterocycles. The van der Waals surface area contributed by atoms with Crippen molar-refractivity contribution in [2.45, 2.75) is 50.3 Å². The zero-order valence-electron chi connectivity index (χ0n) is 14.2. The van der Waals surface area contributed by atoms with E-state index in [0.717, 1.165) is 13.1 Å². The number of aryl methyl sites for hydroxylation is 1. The van der Waals surface area contributed by atoms with Crippen molar-refractivity contribution in [3.8, 4) is 0 Å². The maximum Gasteiger partial charge on any atom is 0.113 e. The van der Waals surface area contributed by atoms with E-state index in [4.69, 9.17) is 4.74 Å². The maximum absolute atomic E-state index is 11.0. The summed E-state index contributed by atoms with van der Waals surface area (Å²) >= 11 is 0. The van der Waals surface area contributed by atoms with Gasteiger partial charge in [0, 0.05) is 51.0 Å². The minimum atomic E-state index is -0.809. The zero-order valence-corrected chi connectivity index (χ0v) is 14.2. The van der Waals surface area contributed by atoms with E-state index >= 15 is 0 Å². The molecule has 6 heteroatoms. The van der Waals surface area contributed by atoms with Crippen LogP contribution in [0.1, 0.15) is 37.7 Å². The lowest BCUT2D eigenvalue weighted by molar-refractivity contribution is -0.0604. The summed E-state index contributed by atoms with van der Waals surface area (Å²) in [5.41, 5.74) is 0.403. The molecule has 2 fully saturated rings. The van der Waals surface area contributed by atoms with Crippen molar-refractivity contribution in [1.82, 2.24) is 20.0 Å². The Labute approximate surface area is 138 Å². The van der Waals surface area contributed by atoms with Crippen LogP contribution in [-0.2, 0) is 18.3 Å². The van der Waals surface area contributed by atoms with Gasteiger partial charge in [-0.3, -0.25) is 9.58 Å². The van der Waals surface area contributed by atoms with Crippen LogP contribution in [0, 0.1) is 0 Å². The van der Waals surface area contributed by atoms with Gasteiger partial charge in [-0.1, -0.05) is 19.3 Å². The first kappa shape index (κ1) is 16.9. The lowest BCUT2D eigenvalue weighted by Gasteiger charge is -2.39. The fraction of sp³-hybridized carbons (Fsp3) is 0.824. The van der Waals surface area contributed by atoms with Gasteiger partial charge in [0.05, 0.1) is 19.4 Å². The third-order valence-electron chi connectivity index (χ3n) is 4.98. The number of rotatable bonds is 5. The normalized spacial score (nSPS) is 27.3. The second-order valence-electron chi connectivity index (χ2n) is 7.17. The molecule has 2 N–H and O–H groups in total. The summed E-state index contributed by atoms with van der Waals surface area (Å²) in [6, 6.07) is 0.552. The van der Waals surface area contributed by atoms with Gasteiger partial charge >= 0.3 is 0 Å². The molecule has 1 aromatic heterocycles. The fourth-order valence-corrected chi connectivity index (χ4v) is 3.81. The molecule has 2 heterocycles. The van der Waals surface area contributed by atoms with Gasteiger partial charge in [-0.2, -0.15) is 5.10 Å². The van der Waals surface area contributed by atoms with Crippen molar-refractivity contribution >= 4 is 0 Å². The molecule has 1 saturated heterocycles. The molecule has 0 radical (unpaired) electrons. The Balaban J connectivity index is 1.70. The number of nitrogens with one attached hydrogen (secondary N) is 1. The predicted molar refractivity (Wildman–Crippen MR) is 89.1 cm³/mol. The maximum atomic E-state index is 11.0. The highest BCUT2D eigenvalue weighted by Gasteiger charge is 2.34. The molecule has 2 aliphatic rings. The molecule has 6 nitrogen and oxygen atoms in total. The molecule has 0 aromatic carbocycles. The lowest BCUT2D eigenvalue weighted by atomic mass is 9.92. The molecule has 1 unspecified atom stereocenters. The SMILES string of the molecule is Cn1cc(CN(CC2(O)CNCCOC2)C2CCCCC2)cn1. The highest BCUT2D eigenvalue weighted by Crippen LogP contribution is 2.26. The highest BCUT2D eigenvalue weighted by atomic mass is 16.5. The van der Waals surface area contributed by atoms with Crippen molar-refractivity contribution in [2.75, 3.05) is 32.8 Å². The number of ether oxygens (including phenoxy) is 1. The van der Waals surface area contributed by atoms with E-state index in [2.05, 4.69) is 21.5 Å². The van der Waals surface area contributed by atoms with E-state index < -0.39 is 5.60 Å². The first-order chi connectivity index (χ1) is 11.1. The van der Waals surface area contributed by atoms with Gasteiger partial charge in [-0.15, -0.1) is 0 Å². The molecule has 1 aromatic rings. The topological polar surface area (TPSA) is 62.5 Å². The van der Waals surface area contributed by atoms with Crippen LogP contribution in [0.5, 0.6) is 0 Å². The van der Waals surface area contributed by atoms with Gasteiger partial charge in [-0.05, 0) is 12.8 Å². The minimum Gasteiger partial charge on any atom is -0.385 e. The van der Waals surface area contributed by atoms with Crippen LogP contribution in [0.3, 0.4) is 0 Å². The molecule has 1 saturated carbocycles. The first-order valence-electron chi connectivity index (χ1n) is 8.87. The first-order valence-corrected chi connectivity index (χ1v) is 8.87. The predicted octanol–water partition coefficient (Wildman–Crippen LogP) is 0.906. The Bertz CT molecular complexity index is 477. The summed E-state index contributed by atoms with van der Waals surface area (Å²) in [4.78, 5) is 2.45. The molecule has 0 amide bonds. The number of nitrogens with zero attached hydrogens (tertiary/aromatic N) is 3. The monoisotopic (exact) mass is 322 g/mol. The van der Waals surface area contributed by atoms with Crippen LogP contribution in [0.4, 0.5) is 0 Å². The van der Waals surface area contributed by atoms with Crippen LogP contribution in [0.2, 0.25) is 0 Å². The summed E-state index contributed by atoms with van der Waals surface area (Å²) < 4.78 is 7.44. The molecular formula is C17H30N4O2. The number of aliphatic hydroxyl groups is 1. The van der Waals surface area contributed by atoms with Gasteiger partial charge in [0.1, 0.15) is 5.60 Å². The van der Waals surface area contributed by atoms with Gasteiger partial charge < -0.3 is 15.2 Å². The fourth-order valence-electron chi connectivity index (χ4n) is 3.81. The summed E-state index contributed by atoms with van der Waals surface area (Å²) in [6.07, 6.45) is 10.4. The Kier molecular flexibility index (Phi) is 5.69. The number of hydrogen-bond acceptors (Lipinski definition) is 5. The van der Waals surface area contributed by atoms with Gasteiger partial charge in [0.15, 0.2) is 0 Å². The summed E-state index contributed by atoms with van der Waals surface area (Å²) in [5.74, 6) is 0. The van der Waals surface area contributed by atoms with Crippen LogP contribution in [-0.4, -0.2) is 64.3 Å². The number of aromatic nitrogens is 2. The second kappa shape index (κ2) is 7.75. The lowest BCUT2D eigenvalue weighted by Crippen LogP contribution is -2.53. The molecule has 130 valence electrons. The van der Waals surface area contributed by atoms with Crippen LogP contribution < -0.4 is 5.32 Å². The Morgan fingerprint density at radius 2 is 2.26 bits per heavy atom. The largest absolute Gasteiger partial charge is 0.385 e. The highest BCUT2D eigenvalue weighted by molar-refractivity contribution is 5.04. The van der Waals surface area contributed by atoms with E-state index in [1.165, 1.54) is 37.7 Å². The van der Waals surface area contributed by atoms with Crippen molar-refractivity contribution in [3.05, 3.63) is 18.0 Å². The van der Waals surface area contributed by atoms with E-state index in [9.17, 15) is 5.11 Å². The van der Waals surface area contributed by atoms with E-state index in [0.29, 0.717) is 32.3 Å². The van der Waals surface area contributed by atoms with E-state index in [-0.39, 0.29) is 0 Å². The summed E-state index contributed by atoms with van der Waals surface area (Å²) in [5, 5.41) is 18.6. The molecular weight excluding hydrogens is 292 g/mol. The van der Waals surface area contributed by atoms with Crippen molar-refractivity contribution in [1.29, 1.82) is 0 Å². The average Bonchev–Trinajstić information content (AvgIpc) is 2.83. The smallest absolute Gasteiger partial charge is 0.113 e. The average molecular weight is 322 g/mol. The Morgan fingerprint density at radius 1 is 1.43 bits per heavy atom. The Hall–Kier alpha value is -0.950. The number of β-amino-alcohol motifs (C(OH)–C–C–N with tert-alkyl or cyclic N) is 1. The van der Waals surface area contributed by atoms with Gasteiger partial charge in [-0.25, -0.2) is 0 Å². The molecule has 23 heavy (non-hydrogen) atoms. The van der Waals surface area contributed by atoms with E-state index in [1.54, 1.807) is 0 Å². The number of hydrogen-bond donors (Lipinski definition) is 2. The Morgan fingerprint density at radius 3 is 3.00 bits per heavy atom. The third-order valence-corrected chi connectivity index (χ3v) is 4.98. The standard InChI is InChI=1S/C17H30N4O2/c1-20-10-15(9-19-20)11-21(16-5-3-2-4-6-16)13-17(22)12-18-7-8-23-14-17/h9-10,16,18,22H,2-8,11-14H2,1H3. The van der Waals surface area contributed by atoms with Crippen LogP contribution >= 0.6 is 0 Å². The molecule has 1 atom stereocenters. The summed E-state index contributed by atoms with van der Waals surface area (Å²) in [7, 11) is 1.95. The van der Waals surface area contributed by atoms with Gasteiger partial charge in [0.2, 0.25) is 0 Å². The zero-order chi connectivity index (χ0) is 16.1. The molecule has 0 bridgehead atoms. The van der Waals surface area contributed by atoms with Crippen LogP contribution in [0.25, 0.3) is 0 Å². The van der Waals surface area contributed by atoms with E-state index in [1.807, 2.05) is 17.9 Å². The van der Waals surface area contributed by atoms with Crippen molar-refractivity contribution < 1.29 is 9.84 Å². The van der Waals surface area contributed by atoms with Crippen molar-refractivity contribution in [3.63, 3.8) is 0 Å². The second-order valence-corrected chi connectivity index (χ2v) is 7.17. The quantitative estimate of drug-likeness (QED) is 0.843. The summed E-state index contributed by atoms with van der Waals surface area (Å²) in [6.45, 7) is 4.00. The minimum absolute atomic E-state index is 0.413. The molecule has 0 spiro atoms. The third kappa shape index (κ3) is 4.76. The van der Waals surface area contributed by atoms with Crippen LogP contribution in [0.15, 0.2) is 12.4 Å². The van der Waals surface area contributed by atoms with Gasteiger partial charge in [0.25, 0.3) is 0 Å². The van der Waals surface area contributed by atoms with Crippen molar-refractivity contribution in [2.24, 2.45) is 7.05 Å². The molecule has 1 aliphatic carbocycles. The molecule has 3 rings (SSSR count).